The molecule has 23 heavy (non-hydrogen) atoms. The van der Waals surface area contributed by atoms with E-state index in [2.05, 4.69) is 5.32 Å². The number of nitrogens with zero attached hydrogens (tertiary/aromatic N) is 1. The number of unbranched alkanes of at least 4 members (excludes halogenated alkanes) is 3. The molecule has 8 heteroatoms. The third kappa shape index (κ3) is 4.65. The van der Waals surface area contributed by atoms with Gasteiger partial charge in [-0.05, 0) is 25.3 Å². The zero-order valence-corrected chi connectivity index (χ0v) is 13.2. The number of carbonyl (C=O) groups excluding carboxylic acids is 1. The van der Waals surface area contributed by atoms with Crippen molar-refractivity contribution in [3.8, 4) is 0 Å². The van der Waals surface area contributed by atoms with Crippen LogP contribution in [0.4, 0.5) is 4.79 Å². The minimum absolute atomic E-state index is 0.196. The molecule has 4 atom stereocenters. The quantitative estimate of drug-likeness (QED) is 0.385. The van der Waals surface area contributed by atoms with E-state index in [1.807, 2.05) is 0 Å². The summed E-state index contributed by atoms with van der Waals surface area (Å²) in [7, 11) is 0. The Morgan fingerprint density at radius 1 is 1.35 bits per heavy atom. The van der Waals surface area contributed by atoms with Gasteiger partial charge in [-0.15, -0.1) is 0 Å². The summed E-state index contributed by atoms with van der Waals surface area (Å²) >= 11 is 0. The number of ether oxygens (including phenoxy) is 1. The first-order chi connectivity index (χ1) is 11.0. The molecule has 2 heterocycles. The first kappa shape index (κ1) is 18.2. The van der Waals surface area contributed by atoms with Crippen LogP contribution in [0.5, 0.6) is 0 Å². The standard InChI is InChI=1S/C15H27N3O5/c16-15(5-3-1-2-4-8-19)6-7-18(14(22)17-15)13-9-11(21)12(10-20)23-13/h6-7,11-13,19-21H,1-5,8-10,16H2,(H,17,22)/t11-,12+,13+,15?/m0/s1. The van der Waals surface area contributed by atoms with Gasteiger partial charge in [0.15, 0.2) is 0 Å². The van der Waals surface area contributed by atoms with Crippen LogP contribution in [0.2, 0.25) is 0 Å². The molecule has 132 valence electrons. The second-order valence-corrected chi connectivity index (χ2v) is 6.20. The molecule has 1 unspecified atom stereocenters. The molecular formula is C15H27N3O5. The van der Waals surface area contributed by atoms with E-state index in [4.69, 9.17) is 20.7 Å². The molecule has 6 N–H and O–H groups in total. The summed E-state index contributed by atoms with van der Waals surface area (Å²) in [6.45, 7) is -0.0903. The highest BCUT2D eigenvalue weighted by Crippen LogP contribution is 2.26. The lowest BCUT2D eigenvalue weighted by molar-refractivity contribution is -0.0549. The average Bonchev–Trinajstić information content (AvgIpc) is 2.87. The van der Waals surface area contributed by atoms with Crippen molar-refractivity contribution in [2.24, 2.45) is 5.73 Å². The first-order valence-corrected chi connectivity index (χ1v) is 8.13. The lowest BCUT2D eigenvalue weighted by atomic mass is 10.0. The molecule has 0 aromatic rings. The van der Waals surface area contributed by atoms with Crippen LogP contribution < -0.4 is 11.1 Å². The van der Waals surface area contributed by atoms with Crippen LogP contribution in [0, 0.1) is 0 Å². The molecule has 0 saturated carbocycles. The molecule has 2 amide bonds. The number of aliphatic hydroxyl groups is 3. The van der Waals surface area contributed by atoms with Gasteiger partial charge >= 0.3 is 6.03 Å². The number of nitrogens with one attached hydrogen (secondary N) is 1. The fourth-order valence-electron chi connectivity index (χ4n) is 2.89. The highest BCUT2D eigenvalue weighted by atomic mass is 16.5. The predicted octanol–water partition coefficient (Wildman–Crippen LogP) is -0.409. The Morgan fingerprint density at radius 2 is 2.09 bits per heavy atom. The van der Waals surface area contributed by atoms with Crippen LogP contribution in [-0.2, 0) is 4.74 Å². The maximum absolute atomic E-state index is 12.3. The third-order valence-corrected chi connectivity index (χ3v) is 4.30. The van der Waals surface area contributed by atoms with E-state index >= 15 is 0 Å². The predicted molar refractivity (Wildman–Crippen MR) is 83.0 cm³/mol. The lowest BCUT2D eigenvalue weighted by Gasteiger charge is -2.37. The van der Waals surface area contributed by atoms with Crippen LogP contribution >= 0.6 is 0 Å². The van der Waals surface area contributed by atoms with Gasteiger partial charge in [-0.1, -0.05) is 12.8 Å². The van der Waals surface area contributed by atoms with E-state index in [0.717, 1.165) is 25.7 Å². The highest BCUT2D eigenvalue weighted by molar-refractivity contribution is 5.78. The van der Waals surface area contributed by atoms with E-state index in [1.165, 1.54) is 4.90 Å². The monoisotopic (exact) mass is 329 g/mol. The SMILES string of the molecule is NC1(CCCCCCO)C=CN([C@H]2C[C@H](O)[C@@H](CO)O2)C(=O)N1. The maximum Gasteiger partial charge on any atom is 0.325 e. The second kappa shape index (κ2) is 8.07. The minimum Gasteiger partial charge on any atom is -0.396 e. The van der Waals surface area contributed by atoms with Gasteiger partial charge in [0.2, 0.25) is 0 Å². The second-order valence-electron chi connectivity index (χ2n) is 6.20. The topological polar surface area (TPSA) is 128 Å². The third-order valence-electron chi connectivity index (χ3n) is 4.30. The van der Waals surface area contributed by atoms with E-state index in [1.54, 1.807) is 12.3 Å². The summed E-state index contributed by atoms with van der Waals surface area (Å²) in [5, 5.41) is 30.4. The van der Waals surface area contributed by atoms with Crippen molar-refractivity contribution in [1.29, 1.82) is 0 Å². The number of hydrogen-bond acceptors (Lipinski definition) is 6. The van der Waals surface area contributed by atoms with Crippen molar-refractivity contribution >= 4 is 6.03 Å². The highest BCUT2D eigenvalue weighted by Gasteiger charge is 2.41. The smallest absolute Gasteiger partial charge is 0.325 e. The molecule has 2 rings (SSSR count). The molecule has 1 fully saturated rings. The Bertz CT molecular complexity index is 433. The Kier molecular flexibility index (Phi) is 6.37. The molecule has 2 aliphatic rings. The van der Waals surface area contributed by atoms with Gasteiger partial charge in [-0.25, -0.2) is 4.79 Å². The fourth-order valence-corrected chi connectivity index (χ4v) is 2.89. The van der Waals surface area contributed by atoms with Crippen LogP contribution in [0.15, 0.2) is 12.3 Å². The summed E-state index contributed by atoms with van der Waals surface area (Å²) in [5.74, 6) is 0. The number of carbonyl (C=O) groups is 1. The summed E-state index contributed by atoms with van der Waals surface area (Å²) in [6, 6.07) is -0.374. The van der Waals surface area contributed by atoms with Crippen molar-refractivity contribution in [3.63, 3.8) is 0 Å². The number of amides is 2. The van der Waals surface area contributed by atoms with Gasteiger partial charge in [-0.3, -0.25) is 4.90 Å². The molecule has 0 aromatic carbocycles. The summed E-state index contributed by atoms with van der Waals surface area (Å²) in [6.07, 6.45) is 5.63. The molecular weight excluding hydrogens is 302 g/mol. The zero-order chi connectivity index (χ0) is 16.9. The Labute approximate surface area is 135 Å². The zero-order valence-electron chi connectivity index (χ0n) is 13.2. The molecule has 2 aliphatic heterocycles. The molecule has 0 bridgehead atoms. The first-order valence-electron chi connectivity index (χ1n) is 8.13. The number of rotatable bonds is 8. The number of urea groups is 1. The summed E-state index contributed by atoms with van der Waals surface area (Å²) < 4.78 is 5.48. The Balaban J connectivity index is 1.87. The average molecular weight is 329 g/mol. The molecule has 1 saturated heterocycles. The lowest BCUT2D eigenvalue weighted by Crippen LogP contribution is -2.61. The van der Waals surface area contributed by atoms with Crippen LogP contribution in [-0.4, -0.2) is 63.6 Å². The van der Waals surface area contributed by atoms with Gasteiger partial charge in [0, 0.05) is 19.2 Å². The van der Waals surface area contributed by atoms with E-state index < -0.39 is 24.1 Å². The van der Waals surface area contributed by atoms with Crippen molar-refractivity contribution in [2.75, 3.05) is 13.2 Å². The van der Waals surface area contributed by atoms with Gasteiger partial charge in [0.05, 0.1) is 12.7 Å². The largest absolute Gasteiger partial charge is 0.396 e. The summed E-state index contributed by atoms with van der Waals surface area (Å²) in [5.41, 5.74) is 5.29. The van der Waals surface area contributed by atoms with Gasteiger partial charge in [-0.2, -0.15) is 0 Å². The maximum atomic E-state index is 12.3. The Hall–Kier alpha value is -1.19. The molecule has 8 nitrogen and oxygen atoms in total. The summed E-state index contributed by atoms with van der Waals surface area (Å²) in [4.78, 5) is 13.6. The van der Waals surface area contributed by atoms with Crippen molar-refractivity contribution in [3.05, 3.63) is 12.3 Å². The Morgan fingerprint density at radius 3 is 2.70 bits per heavy atom. The number of hydrogen-bond donors (Lipinski definition) is 5. The van der Waals surface area contributed by atoms with Crippen molar-refractivity contribution in [2.45, 2.75) is 62.6 Å². The van der Waals surface area contributed by atoms with E-state index in [9.17, 15) is 9.90 Å². The van der Waals surface area contributed by atoms with Crippen LogP contribution in [0.3, 0.4) is 0 Å². The molecule has 0 aromatic heterocycles. The van der Waals surface area contributed by atoms with Crippen LogP contribution in [0.1, 0.15) is 38.5 Å². The normalized spacial score (nSPS) is 34.0. The van der Waals surface area contributed by atoms with Gasteiger partial charge in [0.1, 0.15) is 18.0 Å². The fraction of sp³-hybridized carbons (Fsp3) is 0.800. The van der Waals surface area contributed by atoms with Crippen molar-refractivity contribution in [1.82, 2.24) is 10.2 Å². The number of nitrogens with two attached hydrogens (primary N) is 1. The van der Waals surface area contributed by atoms with E-state index in [-0.39, 0.29) is 25.7 Å². The van der Waals surface area contributed by atoms with Gasteiger partial charge in [0.25, 0.3) is 0 Å². The molecule has 0 aliphatic carbocycles. The van der Waals surface area contributed by atoms with Gasteiger partial charge < -0.3 is 31.1 Å². The molecule has 0 radical (unpaired) electrons. The number of aliphatic hydroxyl groups excluding tert-OH is 3. The van der Waals surface area contributed by atoms with Crippen molar-refractivity contribution < 1.29 is 24.9 Å². The van der Waals surface area contributed by atoms with E-state index in [0.29, 0.717) is 6.42 Å². The molecule has 0 spiro atoms. The van der Waals surface area contributed by atoms with Crippen LogP contribution in [0.25, 0.3) is 0 Å². The minimum atomic E-state index is -0.888.